The Bertz CT molecular complexity index is 3880. The van der Waals surface area contributed by atoms with Crippen molar-refractivity contribution in [2.24, 2.45) is 0 Å². The lowest BCUT2D eigenvalue weighted by Crippen LogP contribution is -2.01. The molecule has 6 nitrogen and oxygen atoms in total. The highest BCUT2D eigenvalue weighted by molar-refractivity contribution is 7.26. The summed E-state index contributed by atoms with van der Waals surface area (Å²) in [5.74, 6) is 2.46. The maximum atomic E-state index is 6.37. The molecule has 61 heavy (non-hydrogen) atoms. The Balaban J connectivity index is 1.04. The molecule has 0 unspecified atom stereocenters. The second kappa shape index (κ2) is 13.3. The highest BCUT2D eigenvalue weighted by Crippen LogP contribution is 2.44. The summed E-state index contributed by atoms with van der Waals surface area (Å²) in [5.41, 5.74) is 8.76. The van der Waals surface area contributed by atoms with Gasteiger partial charge in [0.05, 0.1) is 11.0 Å². The Morgan fingerprint density at radius 1 is 0.410 bits per heavy atom. The number of nitrogens with zero attached hydrogens (tertiary/aromatic N) is 5. The fourth-order valence-corrected chi connectivity index (χ4v) is 10.2. The molecule has 0 bridgehead atoms. The largest absolute Gasteiger partial charge is 0.436 e. The Labute approximate surface area is 352 Å². The summed E-state index contributed by atoms with van der Waals surface area (Å²) >= 11 is 1.78. The number of benzene rings is 9. The second-order valence-corrected chi connectivity index (χ2v) is 16.5. The monoisotopic (exact) mass is 797 g/mol. The van der Waals surface area contributed by atoms with Crippen molar-refractivity contribution in [3.8, 4) is 51.3 Å². The van der Waals surface area contributed by atoms with Gasteiger partial charge in [0.25, 0.3) is 0 Å². The van der Waals surface area contributed by atoms with Gasteiger partial charge in [-0.2, -0.15) is 0 Å². The lowest BCUT2D eigenvalue weighted by atomic mass is 10.0. The zero-order valence-electron chi connectivity index (χ0n) is 32.5. The Morgan fingerprint density at radius 2 is 1.03 bits per heavy atom. The molecule has 13 aromatic rings. The lowest BCUT2D eigenvalue weighted by Gasteiger charge is -2.11. The molecule has 7 heteroatoms. The quantitative estimate of drug-likeness (QED) is 0.173. The SMILES string of the molecule is c1ccc(-c2nc3c(ccc4sc5ccc6ccc(-c7nc(-c8ccc9c(c8)c8ccccc8n9-c8ccccc8)nc(-c8cccc9ccccc89)n7)cc6c5c43)o2)cc1. The number of thiophene rings is 1. The van der Waals surface area contributed by atoms with Crippen LogP contribution in [0.15, 0.2) is 192 Å². The van der Waals surface area contributed by atoms with Crippen molar-refractivity contribution in [1.29, 1.82) is 0 Å². The number of aromatic nitrogens is 5. The minimum atomic E-state index is 0.608. The van der Waals surface area contributed by atoms with E-state index in [1.165, 1.54) is 10.1 Å². The normalized spacial score (nSPS) is 11.9. The first kappa shape index (κ1) is 33.9. The van der Waals surface area contributed by atoms with Gasteiger partial charge in [-0.25, -0.2) is 19.9 Å². The van der Waals surface area contributed by atoms with Gasteiger partial charge in [0.2, 0.25) is 5.89 Å². The number of hydrogen-bond acceptors (Lipinski definition) is 6. The summed E-state index contributed by atoms with van der Waals surface area (Å²) < 4.78 is 11.0. The van der Waals surface area contributed by atoms with E-state index in [2.05, 4.69) is 156 Å². The summed E-state index contributed by atoms with van der Waals surface area (Å²) in [6, 6.07) is 65.7. The van der Waals surface area contributed by atoms with Crippen molar-refractivity contribution in [1.82, 2.24) is 24.5 Å². The van der Waals surface area contributed by atoms with E-state index in [4.69, 9.17) is 24.4 Å². The zero-order valence-corrected chi connectivity index (χ0v) is 33.3. The standard InChI is InChI=1S/C54H31N5OS/c1-3-13-34(14-4-1)54-55-50-45(60-54)27-29-47-49(50)48-41-30-35(23-22-33(41)25-28-46(48)61-47)51-56-52(58-53(57-51)40-20-11-15-32-12-7-8-18-38(32)40)36-24-26-44-42(31-36)39-19-9-10-21-43(39)59(44)37-16-5-2-6-17-37/h1-31H. The van der Waals surface area contributed by atoms with Crippen LogP contribution in [0.5, 0.6) is 0 Å². The zero-order chi connectivity index (χ0) is 40.0. The molecule has 0 aliphatic carbocycles. The fourth-order valence-electron chi connectivity index (χ4n) is 9.05. The topological polar surface area (TPSA) is 69.6 Å². The number of hydrogen-bond donors (Lipinski definition) is 0. The highest BCUT2D eigenvalue weighted by Gasteiger charge is 2.20. The molecular weight excluding hydrogens is 767 g/mol. The van der Waals surface area contributed by atoms with Crippen LogP contribution in [0.3, 0.4) is 0 Å². The molecule has 0 saturated carbocycles. The van der Waals surface area contributed by atoms with E-state index in [-0.39, 0.29) is 0 Å². The van der Waals surface area contributed by atoms with E-state index in [0.29, 0.717) is 23.4 Å². The van der Waals surface area contributed by atoms with Crippen molar-refractivity contribution in [2.45, 2.75) is 0 Å². The van der Waals surface area contributed by atoms with E-state index in [1.807, 2.05) is 36.4 Å². The molecule has 0 N–H and O–H groups in total. The predicted octanol–water partition coefficient (Wildman–Crippen LogP) is 14.5. The minimum absolute atomic E-state index is 0.608. The first-order chi connectivity index (χ1) is 30.2. The van der Waals surface area contributed by atoms with Crippen molar-refractivity contribution < 1.29 is 4.42 Å². The summed E-state index contributed by atoms with van der Waals surface area (Å²) in [4.78, 5) is 20.9. The molecular formula is C54H31N5OS. The molecule has 0 radical (unpaired) electrons. The molecule has 0 aliphatic rings. The van der Waals surface area contributed by atoms with Crippen LogP contribution in [-0.2, 0) is 0 Å². The van der Waals surface area contributed by atoms with Crippen LogP contribution >= 0.6 is 11.3 Å². The summed E-state index contributed by atoms with van der Waals surface area (Å²) in [6.07, 6.45) is 0. The van der Waals surface area contributed by atoms with Crippen molar-refractivity contribution >= 4 is 86.0 Å². The van der Waals surface area contributed by atoms with E-state index in [0.717, 1.165) is 92.5 Å². The third-order valence-electron chi connectivity index (χ3n) is 11.9. The number of fused-ring (bicyclic) bond motifs is 11. The van der Waals surface area contributed by atoms with Crippen LogP contribution in [0.4, 0.5) is 0 Å². The molecule has 284 valence electrons. The Morgan fingerprint density at radius 3 is 1.89 bits per heavy atom. The van der Waals surface area contributed by atoms with Crippen molar-refractivity contribution in [3.05, 3.63) is 188 Å². The maximum absolute atomic E-state index is 6.37. The molecule has 4 heterocycles. The maximum Gasteiger partial charge on any atom is 0.227 e. The molecule has 0 saturated heterocycles. The van der Waals surface area contributed by atoms with Gasteiger partial charge in [-0.1, -0.05) is 115 Å². The van der Waals surface area contributed by atoms with E-state index < -0.39 is 0 Å². The van der Waals surface area contributed by atoms with E-state index in [9.17, 15) is 0 Å². The summed E-state index contributed by atoms with van der Waals surface area (Å²) in [6.45, 7) is 0. The van der Waals surface area contributed by atoms with Gasteiger partial charge in [0, 0.05) is 58.9 Å². The third-order valence-corrected chi connectivity index (χ3v) is 13.0. The van der Waals surface area contributed by atoms with Crippen LogP contribution in [-0.4, -0.2) is 24.5 Å². The first-order valence-corrected chi connectivity index (χ1v) is 21.1. The molecule has 4 aromatic heterocycles. The van der Waals surface area contributed by atoms with Gasteiger partial charge >= 0.3 is 0 Å². The van der Waals surface area contributed by atoms with Gasteiger partial charge in [-0.3, -0.25) is 0 Å². The summed E-state index contributed by atoms with van der Waals surface area (Å²) in [7, 11) is 0. The smallest absolute Gasteiger partial charge is 0.227 e. The van der Waals surface area contributed by atoms with Crippen molar-refractivity contribution in [2.75, 3.05) is 0 Å². The molecule has 9 aromatic carbocycles. The van der Waals surface area contributed by atoms with Gasteiger partial charge in [0.15, 0.2) is 23.1 Å². The molecule has 0 atom stereocenters. The molecule has 13 rings (SSSR count). The van der Waals surface area contributed by atoms with Crippen LogP contribution in [0.1, 0.15) is 0 Å². The Kier molecular flexibility index (Phi) is 7.37. The van der Waals surface area contributed by atoms with Gasteiger partial charge < -0.3 is 8.98 Å². The Hall–Kier alpha value is -8.00. The minimum Gasteiger partial charge on any atom is -0.436 e. The van der Waals surface area contributed by atoms with Crippen LogP contribution in [0.25, 0.3) is 126 Å². The number of oxazole rings is 1. The highest BCUT2D eigenvalue weighted by atomic mass is 32.1. The molecule has 0 spiro atoms. The van der Waals surface area contributed by atoms with Crippen LogP contribution < -0.4 is 0 Å². The average molecular weight is 798 g/mol. The average Bonchev–Trinajstić information content (AvgIpc) is 4.04. The molecule has 0 fully saturated rings. The van der Waals surface area contributed by atoms with Crippen LogP contribution in [0.2, 0.25) is 0 Å². The second-order valence-electron chi connectivity index (χ2n) is 15.4. The van der Waals surface area contributed by atoms with Crippen molar-refractivity contribution in [3.63, 3.8) is 0 Å². The van der Waals surface area contributed by atoms with Crippen LogP contribution in [0, 0.1) is 0 Å². The first-order valence-electron chi connectivity index (χ1n) is 20.3. The lowest BCUT2D eigenvalue weighted by molar-refractivity contribution is 0.620. The third kappa shape index (κ3) is 5.34. The van der Waals surface area contributed by atoms with Gasteiger partial charge in [-0.15, -0.1) is 11.3 Å². The van der Waals surface area contributed by atoms with E-state index >= 15 is 0 Å². The number of rotatable bonds is 5. The molecule has 0 amide bonds. The van der Waals surface area contributed by atoms with Gasteiger partial charge in [0.1, 0.15) is 5.52 Å². The molecule has 0 aliphatic heterocycles. The van der Waals surface area contributed by atoms with E-state index in [1.54, 1.807) is 11.3 Å². The summed E-state index contributed by atoms with van der Waals surface area (Å²) in [5, 5.41) is 9.02. The predicted molar refractivity (Wildman–Crippen MR) is 251 cm³/mol. The van der Waals surface area contributed by atoms with Gasteiger partial charge in [-0.05, 0) is 94.3 Å². The number of para-hydroxylation sites is 2. The fraction of sp³-hybridized carbons (Fsp3) is 0.